The highest BCUT2D eigenvalue weighted by Gasteiger charge is 2.37. The van der Waals surface area contributed by atoms with E-state index in [1.165, 1.54) is 24.0 Å². The van der Waals surface area contributed by atoms with Crippen molar-refractivity contribution in [3.05, 3.63) is 28.8 Å². The first-order valence-corrected chi connectivity index (χ1v) is 6.74. The molecule has 1 aromatic carbocycles. The topological polar surface area (TPSA) is 29.5 Å². The molecule has 0 spiro atoms. The van der Waals surface area contributed by atoms with Gasteiger partial charge in [-0.15, -0.1) is 0 Å². The summed E-state index contributed by atoms with van der Waals surface area (Å²) in [6.07, 6.45) is 4.59. The smallest absolute Gasteiger partial charge is 0.132 e. The van der Waals surface area contributed by atoms with Crippen molar-refractivity contribution in [2.45, 2.75) is 52.1 Å². The van der Waals surface area contributed by atoms with Crippen molar-refractivity contribution >= 4 is 5.57 Å². The summed E-state index contributed by atoms with van der Waals surface area (Å²) in [4.78, 5) is 0. The summed E-state index contributed by atoms with van der Waals surface area (Å²) in [6.45, 7) is 6.26. The number of aromatic hydroxyl groups is 1. The van der Waals surface area contributed by atoms with Gasteiger partial charge in [0.05, 0.1) is 5.56 Å². The number of phenols is 1. The molecule has 1 aliphatic carbocycles. The number of hydrogen-bond donors (Lipinski definition) is 1. The zero-order valence-corrected chi connectivity index (χ0v) is 11.3. The van der Waals surface area contributed by atoms with E-state index in [2.05, 4.69) is 13.8 Å². The van der Waals surface area contributed by atoms with Gasteiger partial charge in [0.1, 0.15) is 17.1 Å². The second kappa shape index (κ2) is 3.78. The van der Waals surface area contributed by atoms with Gasteiger partial charge in [-0.2, -0.15) is 0 Å². The highest BCUT2D eigenvalue weighted by atomic mass is 16.5. The summed E-state index contributed by atoms with van der Waals surface area (Å²) in [7, 11) is 0. The molecule has 1 heterocycles. The molecule has 1 aliphatic heterocycles. The lowest BCUT2D eigenvalue weighted by Crippen LogP contribution is -2.35. The molecule has 0 fully saturated rings. The zero-order valence-electron chi connectivity index (χ0n) is 11.3. The van der Waals surface area contributed by atoms with E-state index in [9.17, 15) is 5.11 Å². The Morgan fingerprint density at radius 1 is 1.17 bits per heavy atom. The molecule has 96 valence electrons. The maximum Gasteiger partial charge on any atom is 0.132 e. The highest BCUT2D eigenvalue weighted by molar-refractivity contribution is 5.81. The Balaban J connectivity index is 2.26. The molecule has 0 unspecified atom stereocenters. The molecule has 0 saturated heterocycles. The number of benzene rings is 1. The normalized spacial score (nSPS) is 21.1. The van der Waals surface area contributed by atoms with Crippen molar-refractivity contribution in [1.29, 1.82) is 0 Å². The van der Waals surface area contributed by atoms with E-state index < -0.39 is 0 Å². The molecule has 2 heteroatoms. The summed E-state index contributed by atoms with van der Waals surface area (Å²) >= 11 is 0. The van der Waals surface area contributed by atoms with Crippen molar-refractivity contribution in [3.63, 3.8) is 0 Å². The monoisotopic (exact) mass is 244 g/mol. The van der Waals surface area contributed by atoms with Gasteiger partial charge in [-0.05, 0) is 75.3 Å². The molecule has 0 saturated carbocycles. The fourth-order valence-corrected chi connectivity index (χ4v) is 3.30. The lowest BCUT2D eigenvalue weighted by Gasteiger charge is -2.39. The van der Waals surface area contributed by atoms with Crippen LogP contribution in [0.2, 0.25) is 0 Å². The molecule has 0 radical (unpaired) electrons. The first-order valence-electron chi connectivity index (χ1n) is 6.74. The van der Waals surface area contributed by atoms with Gasteiger partial charge < -0.3 is 9.84 Å². The average Bonchev–Trinajstić information content (AvgIpc) is 2.27. The lowest BCUT2D eigenvalue weighted by molar-refractivity contribution is 0.137. The van der Waals surface area contributed by atoms with Crippen LogP contribution in [0.15, 0.2) is 17.7 Å². The molecule has 0 amide bonds. The number of phenolic OH excluding ortho intramolecular Hbond substituents is 1. The highest BCUT2D eigenvalue weighted by Crippen LogP contribution is 2.50. The van der Waals surface area contributed by atoms with Crippen LogP contribution in [0, 0.1) is 6.92 Å². The third-order valence-electron chi connectivity index (χ3n) is 4.09. The fourth-order valence-electron chi connectivity index (χ4n) is 3.30. The zero-order chi connectivity index (χ0) is 12.9. The van der Waals surface area contributed by atoms with Crippen molar-refractivity contribution in [2.75, 3.05) is 0 Å². The maximum absolute atomic E-state index is 10.2. The second-order valence-corrected chi connectivity index (χ2v) is 5.93. The summed E-state index contributed by atoms with van der Waals surface area (Å²) in [6, 6.07) is 3.87. The predicted molar refractivity (Wildman–Crippen MR) is 72.9 cm³/mol. The van der Waals surface area contributed by atoms with E-state index in [1.54, 1.807) is 0 Å². The molecule has 3 rings (SSSR count). The molecule has 0 atom stereocenters. The minimum Gasteiger partial charge on any atom is -0.507 e. The SMILES string of the molecule is Cc1cc(O)c2c(c1)OC(C)(C)C1=C2CCCC1. The minimum atomic E-state index is -0.233. The van der Waals surface area contributed by atoms with Gasteiger partial charge in [0.25, 0.3) is 0 Å². The summed E-state index contributed by atoms with van der Waals surface area (Å²) < 4.78 is 6.13. The molecule has 0 bridgehead atoms. The number of rotatable bonds is 0. The summed E-state index contributed by atoms with van der Waals surface area (Å²) in [5.41, 5.74) is 4.45. The van der Waals surface area contributed by atoms with E-state index >= 15 is 0 Å². The van der Waals surface area contributed by atoms with Crippen molar-refractivity contribution in [2.24, 2.45) is 0 Å². The van der Waals surface area contributed by atoms with E-state index in [-0.39, 0.29) is 5.60 Å². The van der Waals surface area contributed by atoms with Crippen LogP contribution in [-0.4, -0.2) is 10.7 Å². The Morgan fingerprint density at radius 2 is 1.89 bits per heavy atom. The lowest BCUT2D eigenvalue weighted by atomic mass is 9.77. The first-order chi connectivity index (χ1) is 8.49. The van der Waals surface area contributed by atoms with Crippen molar-refractivity contribution in [3.8, 4) is 11.5 Å². The van der Waals surface area contributed by atoms with E-state index in [1.807, 2.05) is 19.1 Å². The molecule has 18 heavy (non-hydrogen) atoms. The van der Waals surface area contributed by atoms with Gasteiger partial charge >= 0.3 is 0 Å². The van der Waals surface area contributed by atoms with Crippen LogP contribution >= 0.6 is 0 Å². The molecule has 0 aromatic heterocycles. The average molecular weight is 244 g/mol. The van der Waals surface area contributed by atoms with Crippen LogP contribution in [-0.2, 0) is 0 Å². The van der Waals surface area contributed by atoms with Crippen LogP contribution < -0.4 is 4.74 Å². The number of allylic oxidation sites excluding steroid dienone is 1. The Labute approximate surface area is 108 Å². The van der Waals surface area contributed by atoms with Gasteiger partial charge in [0.2, 0.25) is 0 Å². The van der Waals surface area contributed by atoms with E-state index in [4.69, 9.17) is 4.74 Å². The molecule has 1 N–H and O–H groups in total. The Morgan fingerprint density at radius 3 is 2.67 bits per heavy atom. The van der Waals surface area contributed by atoms with Crippen molar-refractivity contribution < 1.29 is 9.84 Å². The van der Waals surface area contributed by atoms with Crippen LogP contribution in [0.5, 0.6) is 11.5 Å². The van der Waals surface area contributed by atoms with Crippen LogP contribution in [0.1, 0.15) is 50.7 Å². The van der Waals surface area contributed by atoms with Gasteiger partial charge in [-0.3, -0.25) is 0 Å². The Hall–Kier alpha value is -1.44. The fraction of sp³-hybridized carbons (Fsp3) is 0.500. The molecular weight excluding hydrogens is 224 g/mol. The summed E-state index contributed by atoms with van der Waals surface area (Å²) in [5.74, 6) is 1.22. The van der Waals surface area contributed by atoms with E-state index in [0.29, 0.717) is 5.75 Å². The quantitative estimate of drug-likeness (QED) is 0.741. The predicted octanol–water partition coefficient (Wildman–Crippen LogP) is 4.20. The largest absolute Gasteiger partial charge is 0.507 e. The number of hydrogen-bond acceptors (Lipinski definition) is 2. The molecule has 2 nitrogen and oxygen atoms in total. The van der Waals surface area contributed by atoms with Crippen LogP contribution in [0.3, 0.4) is 0 Å². The third kappa shape index (κ3) is 1.63. The standard InChI is InChI=1S/C16H20O2/c1-10-8-13(17)15-11-6-4-5-7-12(11)16(2,3)18-14(15)9-10/h8-9,17H,4-7H2,1-3H3. The Bertz CT molecular complexity index is 538. The van der Waals surface area contributed by atoms with Crippen molar-refractivity contribution in [1.82, 2.24) is 0 Å². The van der Waals surface area contributed by atoms with Crippen LogP contribution in [0.25, 0.3) is 5.57 Å². The van der Waals surface area contributed by atoms with Gasteiger partial charge in [-0.25, -0.2) is 0 Å². The van der Waals surface area contributed by atoms with E-state index in [0.717, 1.165) is 29.7 Å². The minimum absolute atomic E-state index is 0.233. The number of aryl methyl sites for hydroxylation is 1. The first kappa shape index (κ1) is 11.6. The molecule has 2 aliphatic rings. The molecular formula is C16H20O2. The maximum atomic E-state index is 10.2. The number of fused-ring (bicyclic) bond motifs is 2. The number of ether oxygens (including phenoxy) is 1. The van der Waals surface area contributed by atoms with Gasteiger partial charge in [0.15, 0.2) is 0 Å². The summed E-state index contributed by atoms with van der Waals surface area (Å²) in [5, 5.41) is 10.2. The van der Waals surface area contributed by atoms with Crippen LogP contribution in [0.4, 0.5) is 0 Å². The Kier molecular flexibility index (Phi) is 2.44. The third-order valence-corrected chi connectivity index (χ3v) is 4.09. The molecule has 1 aromatic rings. The van der Waals surface area contributed by atoms with Gasteiger partial charge in [0, 0.05) is 0 Å². The second-order valence-electron chi connectivity index (χ2n) is 5.93. The van der Waals surface area contributed by atoms with Gasteiger partial charge in [-0.1, -0.05) is 0 Å².